The second-order valence-electron chi connectivity index (χ2n) is 5.63. The lowest BCUT2D eigenvalue weighted by Gasteiger charge is -2.09. The highest BCUT2D eigenvalue weighted by Gasteiger charge is 2.11. The first kappa shape index (κ1) is 18.2. The summed E-state index contributed by atoms with van der Waals surface area (Å²) in [6.45, 7) is 2.66. The smallest absolute Gasteiger partial charge is 0.258 e. The normalized spacial score (nSPS) is 10.4. The molecule has 3 rings (SSSR count). The van der Waals surface area contributed by atoms with E-state index in [0.717, 1.165) is 5.56 Å². The highest BCUT2D eigenvalue weighted by atomic mass is 35.5. The number of nitrogens with zero attached hydrogens (tertiary/aromatic N) is 2. The molecule has 0 aliphatic rings. The molecular weight excluding hydrogens is 371 g/mol. The Balaban J connectivity index is 1.64. The maximum Gasteiger partial charge on any atom is 0.258 e. The fourth-order valence-electron chi connectivity index (χ4n) is 2.31. The summed E-state index contributed by atoms with van der Waals surface area (Å²) >= 11 is 12.0. The van der Waals surface area contributed by atoms with Crippen molar-refractivity contribution < 1.29 is 4.79 Å². The van der Waals surface area contributed by atoms with Crippen LogP contribution in [0.15, 0.2) is 54.9 Å². The Morgan fingerprint density at radius 3 is 2.50 bits per heavy atom. The van der Waals surface area contributed by atoms with Crippen LogP contribution in [0.2, 0.25) is 10.0 Å². The summed E-state index contributed by atoms with van der Waals surface area (Å²) in [7, 11) is 0. The standard InChI is InChI=1S/C19H16Cl2N4O/c1-12-5-2-3-6-13(12)9-22-19-23-10-14(11-24-19)18(26)25-16-8-4-7-15(20)17(16)21/h2-8,10-11H,9H2,1H3,(H,25,26)(H,22,23,24). The van der Waals surface area contributed by atoms with E-state index in [1.165, 1.54) is 18.0 Å². The Bertz CT molecular complexity index is 929. The monoisotopic (exact) mass is 386 g/mol. The van der Waals surface area contributed by atoms with Crippen molar-refractivity contribution in [1.82, 2.24) is 9.97 Å². The first-order valence-electron chi connectivity index (χ1n) is 7.90. The number of rotatable bonds is 5. The van der Waals surface area contributed by atoms with Gasteiger partial charge in [-0.15, -0.1) is 0 Å². The van der Waals surface area contributed by atoms with Crippen LogP contribution in [0.5, 0.6) is 0 Å². The summed E-state index contributed by atoms with van der Waals surface area (Å²) in [4.78, 5) is 20.7. The molecule has 132 valence electrons. The van der Waals surface area contributed by atoms with Crippen LogP contribution in [0, 0.1) is 6.92 Å². The highest BCUT2D eigenvalue weighted by Crippen LogP contribution is 2.29. The molecule has 2 N–H and O–H groups in total. The molecule has 0 saturated heterocycles. The quantitative estimate of drug-likeness (QED) is 0.650. The van der Waals surface area contributed by atoms with Crippen LogP contribution in [0.1, 0.15) is 21.5 Å². The van der Waals surface area contributed by atoms with E-state index in [0.29, 0.717) is 33.8 Å². The van der Waals surface area contributed by atoms with Crippen molar-refractivity contribution in [1.29, 1.82) is 0 Å². The minimum atomic E-state index is -0.361. The van der Waals surface area contributed by atoms with E-state index < -0.39 is 0 Å². The van der Waals surface area contributed by atoms with Crippen LogP contribution < -0.4 is 10.6 Å². The molecule has 1 heterocycles. The maximum absolute atomic E-state index is 12.3. The molecule has 1 amide bonds. The van der Waals surface area contributed by atoms with E-state index in [2.05, 4.69) is 20.6 Å². The van der Waals surface area contributed by atoms with Crippen LogP contribution in [-0.4, -0.2) is 15.9 Å². The molecule has 0 aliphatic heterocycles. The first-order chi connectivity index (χ1) is 12.5. The number of halogens is 2. The van der Waals surface area contributed by atoms with Gasteiger partial charge in [-0.2, -0.15) is 0 Å². The molecule has 0 spiro atoms. The zero-order chi connectivity index (χ0) is 18.5. The predicted octanol–water partition coefficient (Wildman–Crippen LogP) is 4.96. The first-order valence-corrected chi connectivity index (χ1v) is 8.66. The molecule has 0 saturated carbocycles. The molecule has 0 bridgehead atoms. The number of carbonyl (C=O) groups is 1. The van der Waals surface area contributed by atoms with Crippen molar-refractivity contribution in [2.45, 2.75) is 13.5 Å². The third-order valence-corrected chi connectivity index (χ3v) is 4.63. The average Bonchev–Trinajstić information content (AvgIpc) is 2.65. The van der Waals surface area contributed by atoms with Crippen LogP contribution in [0.4, 0.5) is 11.6 Å². The minimum absolute atomic E-state index is 0.292. The van der Waals surface area contributed by atoms with Crippen LogP contribution in [0.25, 0.3) is 0 Å². The number of aromatic nitrogens is 2. The zero-order valence-corrected chi connectivity index (χ0v) is 15.5. The van der Waals surface area contributed by atoms with Crippen LogP contribution >= 0.6 is 23.2 Å². The van der Waals surface area contributed by atoms with Crippen molar-refractivity contribution in [3.05, 3.63) is 81.6 Å². The van der Waals surface area contributed by atoms with Gasteiger partial charge in [0.2, 0.25) is 5.95 Å². The summed E-state index contributed by atoms with van der Waals surface area (Å²) in [6.07, 6.45) is 2.92. The number of carbonyl (C=O) groups excluding carboxylic acids is 1. The molecular formula is C19H16Cl2N4O. The van der Waals surface area contributed by atoms with Gasteiger partial charge in [-0.05, 0) is 30.2 Å². The van der Waals surface area contributed by atoms with Crippen molar-refractivity contribution in [2.75, 3.05) is 10.6 Å². The van der Waals surface area contributed by atoms with Gasteiger partial charge in [-0.25, -0.2) is 9.97 Å². The molecule has 0 aliphatic carbocycles. The molecule has 0 fully saturated rings. The number of nitrogens with one attached hydrogen (secondary N) is 2. The Morgan fingerprint density at radius 1 is 1.04 bits per heavy atom. The molecule has 0 unspecified atom stereocenters. The van der Waals surface area contributed by atoms with Crippen molar-refractivity contribution >= 4 is 40.7 Å². The average molecular weight is 387 g/mol. The van der Waals surface area contributed by atoms with Gasteiger partial charge in [0.1, 0.15) is 0 Å². The zero-order valence-electron chi connectivity index (χ0n) is 14.0. The molecule has 1 aromatic heterocycles. The van der Waals surface area contributed by atoms with Gasteiger partial charge in [-0.3, -0.25) is 4.79 Å². The van der Waals surface area contributed by atoms with Crippen molar-refractivity contribution in [2.24, 2.45) is 0 Å². The van der Waals surface area contributed by atoms with Crippen molar-refractivity contribution in [3.8, 4) is 0 Å². The molecule has 26 heavy (non-hydrogen) atoms. The topological polar surface area (TPSA) is 66.9 Å². The third kappa shape index (κ3) is 4.31. The van der Waals surface area contributed by atoms with Gasteiger partial charge >= 0.3 is 0 Å². The van der Waals surface area contributed by atoms with Crippen molar-refractivity contribution in [3.63, 3.8) is 0 Å². The van der Waals surface area contributed by atoms with E-state index in [1.807, 2.05) is 31.2 Å². The molecule has 3 aromatic rings. The predicted molar refractivity (Wildman–Crippen MR) is 105 cm³/mol. The van der Waals surface area contributed by atoms with E-state index in [9.17, 15) is 4.79 Å². The number of benzene rings is 2. The van der Waals surface area contributed by atoms with Gasteiger partial charge in [0, 0.05) is 18.9 Å². The van der Waals surface area contributed by atoms with E-state index >= 15 is 0 Å². The van der Waals surface area contributed by atoms with Crippen LogP contribution in [0.3, 0.4) is 0 Å². The molecule has 2 aromatic carbocycles. The lowest BCUT2D eigenvalue weighted by molar-refractivity contribution is 0.102. The summed E-state index contributed by atoms with van der Waals surface area (Å²) in [5.74, 6) is 0.0882. The lowest BCUT2D eigenvalue weighted by Crippen LogP contribution is -2.14. The summed E-state index contributed by atoms with van der Waals surface area (Å²) in [5.41, 5.74) is 3.11. The van der Waals surface area contributed by atoms with E-state index in [4.69, 9.17) is 23.2 Å². The molecule has 0 radical (unpaired) electrons. The largest absolute Gasteiger partial charge is 0.350 e. The Hall–Kier alpha value is -2.63. The highest BCUT2D eigenvalue weighted by molar-refractivity contribution is 6.44. The Labute approximate surface area is 161 Å². The van der Waals surface area contributed by atoms with Gasteiger partial charge in [0.15, 0.2) is 0 Å². The number of anilines is 2. The van der Waals surface area contributed by atoms with E-state index in [-0.39, 0.29) is 5.91 Å². The number of amides is 1. The lowest BCUT2D eigenvalue weighted by atomic mass is 10.1. The van der Waals surface area contributed by atoms with Gasteiger partial charge in [-0.1, -0.05) is 53.5 Å². The Kier molecular flexibility index (Phi) is 5.71. The minimum Gasteiger partial charge on any atom is -0.350 e. The summed E-state index contributed by atoms with van der Waals surface area (Å²) in [6, 6.07) is 13.1. The molecule has 0 atom stereocenters. The SMILES string of the molecule is Cc1ccccc1CNc1ncc(C(=O)Nc2cccc(Cl)c2Cl)cn1. The molecule has 5 nitrogen and oxygen atoms in total. The van der Waals surface area contributed by atoms with E-state index in [1.54, 1.807) is 18.2 Å². The summed E-state index contributed by atoms with van der Waals surface area (Å²) in [5, 5.41) is 6.50. The Morgan fingerprint density at radius 2 is 1.77 bits per heavy atom. The van der Waals surface area contributed by atoms with Gasteiger partial charge in [0.25, 0.3) is 5.91 Å². The molecule has 7 heteroatoms. The second-order valence-corrected chi connectivity index (χ2v) is 6.42. The maximum atomic E-state index is 12.3. The number of hydrogen-bond acceptors (Lipinski definition) is 4. The number of aryl methyl sites for hydroxylation is 1. The fraction of sp³-hybridized carbons (Fsp3) is 0.105. The second kappa shape index (κ2) is 8.17. The fourth-order valence-corrected chi connectivity index (χ4v) is 2.66. The number of hydrogen-bond donors (Lipinski definition) is 2. The van der Waals surface area contributed by atoms with Crippen LogP contribution in [-0.2, 0) is 6.54 Å². The third-order valence-electron chi connectivity index (χ3n) is 3.81. The van der Waals surface area contributed by atoms with Gasteiger partial charge < -0.3 is 10.6 Å². The van der Waals surface area contributed by atoms with Gasteiger partial charge in [0.05, 0.1) is 21.3 Å². The summed E-state index contributed by atoms with van der Waals surface area (Å²) < 4.78 is 0.